The average molecular weight is 1750 g/mol. The van der Waals surface area contributed by atoms with Crippen molar-refractivity contribution in [3.05, 3.63) is 191 Å². The lowest BCUT2D eigenvalue weighted by atomic mass is 10.0. The zero-order chi connectivity index (χ0) is 91.4. The predicted octanol–water partition coefficient (Wildman–Crippen LogP) is 3.05. The maximum absolute atomic E-state index is 14.9. The van der Waals surface area contributed by atoms with Crippen LogP contribution in [0.25, 0.3) is 0 Å². The number of hydrogen-bond donors (Lipinski definition) is 17. The van der Waals surface area contributed by atoms with Gasteiger partial charge in [-0.05, 0) is 88.3 Å². The van der Waals surface area contributed by atoms with Crippen molar-refractivity contribution in [3.8, 4) is 23.0 Å². The Kier molecular flexibility index (Phi) is 46.3. The van der Waals surface area contributed by atoms with Crippen molar-refractivity contribution >= 4 is 82.8 Å². The summed E-state index contributed by atoms with van der Waals surface area (Å²) in [6, 6.07) is 27.3. The van der Waals surface area contributed by atoms with Crippen LogP contribution >= 0.6 is 0 Å². The van der Waals surface area contributed by atoms with Crippen molar-refractivity contribution < 1.29 is 112 Å². The van der Waals surface area contributed by atoms with Gasteiger partial charge < -0.3 is 105 Å². The van der Waals surface area contributed by atoms with Crippen LogP contribution in [-0.2, 0) is 120 Å². The highest BCUT2D eigenvalue weighted by Gasteiger charge is 2.36. The Hall–Kier alpha value is -13.1. The summed E-state index contributed by atoms with van der Waals surface area (Å²) in [5.41, 5.74) is 19.7. The van der Waals surface area contributed by atoms with Crippen molar-refractivity contribution in [1.82, 2.24) is 53.2 Å². The zero-order valence-electron chi connectivity index (χ0n) is 70.8. The van der Waals surface area contributed by atoms with E-state index in [0.717, 1.165) is 32.1 Å². The number of nitrogens with one attached hydrogen (secondary N) is 10. The molecule has 6 rings (SSSR count). The number of rotatable bonds is 63. The molecule has 0 bridgehead atoms. The fraction of sp³-hybridized carbons (Fsp3) is 0.444. The molecular formula is C90H119N13O23. The van der Waals surface area contributed by atoms with E-state index in [-0.39, 0.29) is 87.8 Å². The van der Waals surface area contributed by atoms with Crippen molar-refractivity contribution in [2.45, 2.75) is 197 Å². The SMILES string of the molecule is CCCCCCCCCCCCCCCC(=O)NCC(=O)NC(CC(=O)O)C(=O)NC(Cc1ccc(OOc2ccc(CC(NC(=O)C(Cc3ccc(O)cc3)NC(=O)C(CC(=O)O)NC(=O)CNC(=O)COCCOCCOCCN)C(=O)NC(Cc3ccccc3)C(N)=O)cc2)cc1)C(=O)NC(Cc1ccc(O)cc1)C(=O)NC(Cc1ccccc1)C(N)=O. The van der Waals surface area contributed by atoms with Crippen LogP contribution in [0.1, 0.15) is 143 Å². The summed E-state index contributed by atoms with van der Waals surface area (Å²) in [7, 11) is 0. The van der Waals surface area contributed by atoms with E-state index < -0.39 is 164 Å². The van der Waals surface area contributed by atoms with Gasteiger partial charge in [0.05, 0.1) is 59.0 Å². The molecule has 0 aromatic heterocycles. The maximum Gasteiger partial charge on any atom is 0.305 e. The molecule has 6 aromatic carbocycles. The lowest BCUT2D eigenvalue weighted by Crippen LogP contribution is -2.59. The van der Waals surface area contributed by atoms with E-state index in [1.165, 1.54) is 142 Å². The highest BCUT2D eigenvalue weighted by Crippen LogP contribution is 2.22. The van der Waals surface area contributed by atoms with E-state index in [1.54, 1.807) is 60.7 Å². The van der Waals surface area contributed by atoms with Crippen LogP contribution in [-0.4, -0.2) is 211 Å². The highest BCUT2D eigenvalue weighted by atomic mass is 17.2. The van der Waals surface area contributed by atoms with E-state index in [4.69, 9.17) is 41.2 Å². The quantitative estimate of drug-likeness (QED) is 0.0148. The van der Waals surface area contributed by atoms with Crippen LogP contribution < -0.4 is 80.1 Å². The van der Waals surface area contributed by atoms with Gasteiger partial charge >= 0.3 is 11.9 Å². The number of nitrogens with two attached hydrogens (primary N) is 3. The van der Waals surface area contributed by atoms with Gasteiger partial charge in [0.1, 0.15) is 66.4 Å². The molecule has 36 heteroatoms. The Balaban J connectivity index is 1.19. The second kappa shape index (κ2) is 57.4. The molecule has 36 nitrogen and oxygen atoms in total. The third kappa shape index (κ3) is 41.4. The van der Waals surface area contributed by atoms with E-state index in [9.17, 15) is 87.5 Å². The van der Waals surface area contributed by atoms with Crippen molar-refractivity contribution in [1.29, 1.82) is 0 Å². The molecule has 0 fully saturated rings. The van der Waals surface area contributed by atoms with Crippen LogP contribution in [0.4, 0.5) is 0 Å². The molecule has 0 aliphatic carbocycles. The molecule has 0 aliphatic heterocycles. The number of primary amides is 2. The molecule has 6 aromatic rings. The molecule has 20 N–H and O–H groups in total. The highest BCUT2D eigenvalue weighted by molar-refractivity contribution is 5.99. The summed E-state index contributed by atoms with van der Waals surface area (Å²) in [5.74, 6) is -14.2. The Morgan fingerprint density at radius 3 is 0.937 bits per heavy atom. The third-order valence-corrected chi connectivity index (χ3v) is 19.8. The number of phenols is 2. The number of benzene rings is 6. The monoisotopic (exact) mass is 1750 g/mol. The van der Waals surface area contributed by atoms with E-state index in [2.05, 4.69) is 60.1 Å². The largest absolute Gasteiger partial charge is 0.508 e. The number of ether oxygens (including phenoxy) is 3. The number of phenolic OH excluding ortho intramolecular Hbond substituents is 2. The number of unbranched alkanes of at least 4 members (excludes halogenated alkanes) is 12. The van der Waals surface area contributed by atoms with E-state index in [1.807, 2.05) is 0 Å². The summed E-state index contributed by atoms with van der Waals surface area (Å²) < 4.78 is 15.8. The van der Waals surface area contributed by atoms with Crippen LogP contribution in [0.2, 0.25) is 0 Å². The van der Waals surface area contributed by atoms with Gasteiger partial charge in [0.15, 0.2) is 11.5 Å². The van der Waals surface area contributed by atoms with Gasteiger partial charge in [-0.15, -0.1) is 0 Å². The number of carbonyl (C=O) groups is 14. The van der Waals surface area contributed by atoms with Crippen molar-refractivity contribution in [2.24, 2.45) is 17.2 Å². The minimum atomic E-state index is -1.85. The topological polar surface area (TPSA) is 564 Å². The number of amides is 12. The summed E-state index contributed by atoms with van der Waals surface area (Å²) in [4.78, 5) is 201. The number of carboxylic acid groups (broad SMARTS) is 2. The van der Waals surface area contributed by atoms with Crippen molar-refractivity contribution in [3.63, 3.8) is 0 Å². The molecule has 0 saturated heterocycles. The maximum atomic E-state index is 14.9. The number of carboxylic acids is 2. The van der Waals surface area contributed by atoms with Crippen LogP contribution in [0.5, 0.6) is 23.0 Å². The number of aromatic hydroxyl groups is 2. The first-order chi connectivity index (χ1) is 60.6. The Morgan fingerprint density at radius 1 is 0.317 bits per heavy atom. The van der Waals surface area contributed by atoms with Gasteiger partial charge in [-0.2, -0.15) is 0 Å². The van der Waals surface area contributed by atoms with Crippen molar-refractivity contribution in [2.75, 3.05) is 59.3 Å². The van der Waals surface area contributed by atoms with E-state index >= 15 is 0 Å². The summed E-state index contributed by atoms with van der Waals surface area (Å²) in [6.45, 7) is 1.78. The minimum Gasteiger partial charge on any atom is -0.508 e. The summed E-state index contributed by atoms with van der Waals surface area (Å²) >= 11 is 0. The van der Waals surface area contributed by atoms with Gasteiger partial charge in [-0.25, -0.2) is 0 Å². The van der Waals surface area contributed by atoms with Crippen LogP contribution in [0.3, 0.4) is 0 Å². The third-order valence-electron chi connectivity index (χ3n) is 19.8. The second-order valence-electron chi connectivity index (χ2n) is 30.2. The van der Waals surface area contributed by atoms with Crippen LogP contribution in [0.15, 0.2) is 158 Å². The Morgan fingerprint density at radius 2 is 0.603 bits per heavy atom. The molecular weight excluding hydrogens is 1630 g/mol. The van der Waals surface area contributed by atoms with Gasteiger partial charge in [-0.3, -0.25) is 76.9 Å². The zero-order valence-corrected chi connectivity index (χ0v) is 70.8. The standard InChI is InChI=1S/C90H119N13O23/c1-2-3-4-5-6-7-8-9-10-11-12-13-20-25-77(106)94-56-78(107)96-75(54-81(110)111)89(120)103-74(88(119)100-71(50-61-26-34-65(104)35-27-61)85(116)98-69(83(92)114)48-59-21-16-14-17-22-59)53-64-32-40-68(41-33-64)126-125-67-38-30-63(31-39-67)52-72(86(117)99-70(84(93)115)49-60-23-18-15-19-24-60)101-87(118)73(51-62-28-36-66(105)37-29-62)102-90(121)76(55-82(112)113)97-79(108)57-95-80(109)58-124-47-46-123-45-44-122-43-42-91/h14-19,21-24,26-41,69-76,104-105H,2-13,20,25,42-58,91H2,1H3,(H2,92,114)(H2,93,115)(H,94,106)(H,95,109)(H,96,107)(H,97,108)(H,98,116)(H,99,117)(H,100,119)(H,101,118)(H,102,121)(H,103,120)(H,110,111)(H,112,113). The smallest absolute Gasteiger partial charge is 0.305 e. The Bertz CT molecular complexity index is 4420. The first-order valence-electron chi connectivity index (χ1n) is 42.2. The van der Waals surface area contributed by atoms with Gasteiger partial charge in [0.2, 0.25) is 70.9 Å². The average Bonchev–Trinajstić information content (AvgIpc) is 0.845. The lowest BCUT2D eigenvalue weighted by Gasteiger charge is -2.26. The molecule has 126 heavy (non-hydrogen) atoms. The number of carbonyl (C=O) groups excluding carboxylic acids is 12. The molecule has 8 unspecified atom stereocenters. The molecule has 0 saturated carbocycles. The first kappa shape index (κ1) is 102. The molecule has 0 aliphatic rings. The number of aliphatic carboxylic acids is 2. The molecule has 0 radical (unpaired) electrons. The summed E-state index contributed by atoms with van der Waals surface area (Å²) in [6.07, 6.45) is 11.1. The van der Waals surface area contributed by atoms with Crippen LogP contribution in [0, 0.1) is 0 Å². The predicted molar refractivity (Wildman–Crippen MR) is 462 cm³/mol. The second-order valence-corrected chi connectivity index (χ2v) is 30.2. The molecule has 0 spiro atoms. The fourth-order valence-corrected chi connectivity index (χ4v) is 13.0. The molecule has 8 atom stereocenters. The molecule has 0 heterocycles. The van der Waals surface area contributed by atoms with E-state index in [0.29, 0.717) is 59.6 Å². The molecule has 682 valence electrons. The Labute approximate surface area is 731 Å². The first-order valence-corrected chi connectivity index (χ1v) is 42.2. The fourth-order valence-electron chi connectivity index (χ4n) is 13.0. The van der Waals surface area contributed by atoms with Gasteiger partial charge in [-0.1, -0.05) is 193 Å². The van der Waals surface area contributed by atoms with Gasteiger partial charge in [0.25, 0.3) is 0 Å². The van der Waals surface area contributed by atoms with Gasteiger partial charge in [0, 0.05) is 51.5 Å². The lowest BCUT2D eigenvalue weighted by molar-refractivity contribution is -0.141. The molecule has 12 amide bonds. The minimum absolute atomic E-state index is 0.0145. The summed E-state index contributed by atoms with van der Waals surface area (Å²) in [5, 5.41) is 65.2. The number of hydrogen-bond acceptors (Lipinski definition) is 22. The normalized spacial score (nSPS) is 12.9.